The molecule has 4 heteroatoms. The fraction of sp³-hybridized carbons (Fsp3) is 0.765. The molecule has 1 aromatic rings. The van der Waals surface area contributed by atoms with Crippen molar-refractivity contribution in [3.8, 4) is 6.07 Å². The van der Waals surface area contributed by atoms with Gasteiger partial charge in [-0.2, -0.15) is 5.26 Å². The quantitative estimate of drug-likeness (QED) is 0.838. The first-order valence-corrected chi connectivity index (χ1v) is 8.70. The van der Waals surface area contributed by atoms with Gasteiger partial charge < -0.3 is 0 Å². The van der Waals surface area contributed by atoms with Crippen molar-refractivity contribution in [3.05, 3.63) is 16.1 Å². The molecular weight excluding hydrogens is 278 g/mol. The van der Waals surface area contributed by atoms with E-state index in [4.69, 9.17) is 0 Å². The highest BCUT2D eigenvalue weighted by atomic mass is 32.1. The van der Waals surface area contributed by atoms with Gasteiger partial charge in [-0.3, -0.25) is 4.90 Å². The highest BCUT2D eigenvalue weighted by Gasteiger charge is 2.37. The molecule has 1 fully saturated rings. The third kappa shape index (κ3) is 4.05. The second-order valence-corrected chi connectivity index (χ2v) is 8.51. The van der Waals surface area contributed by atoms with E-state index in [1.54, 1.807) is 11.3 Å². The molecule has 0 aliphatic heterocycles. The molecule has 0 bridgehead atoms. The van der Waals surface area contributed by atoms with Crippen molar-refractivity contribution in [2.45, 2.75) is 59.5 Å². The fourth-order valence-corrected chi connectivity index (χ4v) is 4.03. The Balaban J connectivity index is 2.08. The highest BCUT2D eigenvalue weighted by molar-refractivity contribution is 7.09. The van der Waals surface area contributed by atoms with Crippen LogP contribution in [0.2, 0.25) is 0 Å². The SMILES string of the molecule is Cc1nc(CN(C)C2CC(C(C)(C)C)CCC2C#N)cs1. The summed E-state index contributed by atoms with van der Waals surface area (Å²) in [6.45, 7) is 9.87. The van der Waals surface area contributed by atoms with Crippen LogP contribution in [0.15, 0.2) is 5.38 Å². The van der Waals surface area contributed by atoms with E-state index in [2.05, 4.69) is 49.2 Å². The second-order valence-electron chi connectivity index (χ2n) is 7.45. The van der Waals surface area contributed by atoms with E-state index in [1.807, 2.05) is 6.92 Å². The van der Waals surface area contributed by atoms with Gasteiger partial charge in [-0.05, 0) is 44.6 Å². The standard InChI is InChI=1S/C17H27N3S/c1-12-19-15(11-21-12)10-20(5)16-8-14(17(2,3)4)7-6-13(16)9-18/h11,13-14,16H,6-8,10H2,1-5H3. The zero-order valence-electron chi connectivity index (χ0n) is 13.9. The average molecular weight is 305 g/mol. The summed E-state index contributed by atoms with van der Waals surface area (Å²) in [6, 6.07) is 2.89. The highest BCUT2D eigenvalue weighted by Crippen LogP contribution is 2.41. The molecule has 0 amide bonds. The predicted octanol–water partition coefficient (Wildman–Crippen LogP) is 4.24. The Morgan fingerprint density at radius 2 is 2.14 bits per heavy atom. The Labute approximate surface area is 133 Å². The van der Waals surface area contributed by atoms with Crippen LogP contribution in [0.3, 0.4) is 0 Å². The topological polar surface area (TPSA) is 39.9 Å². The van der Waals surface area contributed by atoms with Crippen molar-refractivity contribution in [3.63, 3.8) is 0 Å². The molecule has 1 aliphatic rings. The summed E-state index contributed by atoms with van der Waals surface area (Å²) in [4.78, 5) is 6.91. The zero-order valence-corrected chi connectivity index (χ0v) is 14.7. The van der Waals surface area contributed by atoms with E-state index in [0.717, 1.165) is 30.1 Å². The molecule has 116 valence electrons. The number of hydrogen-bond donors (Lipinski definition) is 0. The molecule has 0 aromatic carbocycles. The van der Waals surface area contributed by atoms with Crippen molar-refractivity contribution in [1.29, 1.82) is 5.26 Å². The number of aryl methyl sites for hydroxylation is 1. The fourth-order valence-electron chi connectivity index (χ4n) is 3.42. The molecular formula is C17H27N3S. The molecule has 21 heavy (non-hydrogen) atoms. The third-order valence-electron chi connectivity index (χ3n) is 4.85. The summed E-state index contributed by atoms with van der Waals surface area (Å²) in [5, 5.41) is 12.7. The van der Waals surface area contributed by atoms with Gasteiger partial charge in [-0.15, -0.1) is 11.3 Å². The lowest BCUT2D eigenvalue weighted by Crippen LogP contribution is -2.44. The van der Waals surface area contributed by atoms with E-state index >= 15 is 0 Å². The molecule has 3 atom stereocenters. The van der Waals surface area contributed by atoms with Crippen molar-refractivity contribution >= 4 is 11.3 Å². The van der Waals surface area contributed by atoms with E-state index in [1.165, 1.54) is 6.42 Å². The van der Waals surface area contributed by atoms with Crippen LogP contribution in [0.1, 0.15) is 50.7 Å². The van der Waals surface area contributed by atoms with Gasteiger partial charge >= 0.3 is 0 Å². The first-order chi connectivity index (χ1) is 9.81. The Morgan fingerprint density at radius 1 is 1.43 bits per heavy atom. The maximum absolute atomic E-state index is 9.48. The number of hydrogen-bond acceptors (Lipinski definition) is 4. The number of nitrogens with zero attached hydrogens (tertiary/aromatic N) is 3. The van der Waals surface area contributed by atoms with Gasteiger partial charge in [-0.1, -0.05) is 20.8 Å². The van der Waals surface area contributed by atoms with Crippen LogP contribution < -0.4 is 0 Å². The smallest absolute Gasteiger partial charge is 0.0897 e. The maximum atomic E-state index is 9.48. The molecule has 0 N–H and O–H groups in total. The summed E-state index contributed by atoms with van der Waals surface area (Å²) in [5.74, 6) is 0.861. The van der Waals surface area contributed by atoms with Crippen LogP contribution in [0.25, 0.3) is 0 Å². The lowest BCUT2D eigenvalue weighted by molar-refractivity contribution is 0.0708. The molecule has 2 rings (SSSR count). The minimum atomic E-state index is 0.160. The molecule has 0 spiro atoms. The van der Waals surface area contributed by atoms with Crippen molar-refractivity contribution in [2.24, 2.45) is 17.3 Å². The van der Waals surface area contributed by atoms with Crippen LogP contribution in [-0.4, -0.2) is 23.0 Å². The summed E-state index contributed by atoms with van der Waals surface area (Å²) < 4.78 is 0. The normalized spacial score (nSPS) is 26.8. The van der Waals surface area contributed by atoms with Crippen LogP contribution in [0.5, 0.6) is 0 Å². The van der Waals surface area contributed by atoms with E-state index in [0.29, 0.717) is 17.4 Å². The predicted molar refractivity (Wildman–Crippen MR) is 88.0 cm³/mol. The summed E-state index contributed by atoms with van der Waals surface area (Å²) in [5.41, 5.74) is 1.46. The van der Waals surface area contributed by atoms with Gasteiger partial charge in [0.15, 0.2) is 0 Å². The van der Waals surface area contributed by atoms with E-state index < -0.39 is 0 Å². The van der Waals surface area contributed by atoms with Crippen LogP contribution in [0, 0.1) is 35.5 Å². The zero-order chi connectivity index (χ0) is 15.6. The first-order valence-electron chi connectivity index (χ1n) is 7.82. The van der Waals surface area contributed by atoms with Crippen LogP contribution >= 0.6 is 11.3 Å². The molecule has 0 radical (unpaired) electrons. The largest absolute Gasteiger partial charge is 0.296 e. The van der Waals surface area contributed by atoms with Gasteiger partial charge in [0.2, 0.25) is 0 Å². The van der Waals surface area contributed by atoms with Gasteiger partial charge in [-0.25, -0.2) is 4.98 Å². The van der Waals surface area contributed by atoms with Gasteiger partial charge in [0, 0.05) is 18.0 Å². The molecule has 1 saturated carbocycles. The maximum Gasteiger partial charge on any atom is 0.0897 e. The molecule has 1 heterocycles. The monoisotopic (exact) mass is 305 g/mol. The number of nitriles is 1. The molecule has 0 saturated heterocycles. The third-order valence-corrected chi connectivity index (χ3v) is 5.67. The summed E-state index contributed by atoms with van der Waals surface area (Å²) in [7, 11) is 2.15. The first kappa shape index (κ1) is 16.5. The Bertz CT molecular complexity index is 509. The van der Waals surface area contributed by atoms with Crippen LogP contribution in [-0.2, 0) is 6.54 Å². The van der Waals surface area contributed by atoms with Crippen molar-refractivity contribution < 1.29 is 0 Å². The molecule has 3 unspecified atom stereocenters. The summed E-state index contributed by atoms with van der Waals surface area (Å²) in [6.07, 6.45) is 3.34. The number of aromatic nitrogens is 1. The Kier molecular flexibility index (Phi) is 5.06. The van der Waals surface area contributed by atoms with E-state index in [9.17, 15) is 5.26 Å². The van der Waals surface area contributed by atoms with Gasteiger partial charge in [0.1, 0.15) is 0 Å². The van der Waals surface area contributed by atoms with Gasteiger partial charge in [0.05, 0.1) is 22.7 Å². The van der Waals surface area contributed by atoms with E-state index in [-0.39, 0.29) is 5.92 Å². The van der Waals surface area contributed by atoms with Crippen molar-refractivity contribution in [1.82, 2.24) is 9.88 Å². The Hall–Kier alpha value is -0.920. The molecule has 1 aliphatic carbocycles. The molecule has 3 nitrogen and oxygen atoms in total. The minimum Gasteiger partial charge on any atom is -0.296 e. The average Bonchev–Trinajstić information content (AvgIpc) is 2.82. The van der Waals surface area contributed by atoms with Crippen LogP contribution in [0.4, 0.5) is 0 Å². The minimum absolute atomic E-state index is 0.160. The number of rotatable bonds is 3. The number of thiazole rings is 1. The lowest BCUT2D eigenvalue weighted by atomic mass is 9.68. The van der Waals surface area contributed by atoms with Crippen molar-refractivity contribution in [2.75, 3.05) is 7.05 Å². The Morgan fingerprint density at radius 3 is 2.67 bits per heavy atom. The lowest BCUT2D eigenvalue weighted by Gasteiger charge is -2.43. The summed E-state index contributed by atoms with van der Waals surface area (Å²) >= 11 is 1.70. The second kappa shape index (κ2) is 6.46. The van der Waals surface area contributed by atoms with Gasteiger partial charge in [0.25, 0.3) is 0 Å². The molecule has 1 aromatic heterocycles.